The monoisotopic (exact) mass is 477 g/mol. The van der Waals surface area contributed by atoms with E-state index in [-0.39, 0.29) is 11.7 Å². The highest BCUT2D eigenvalue weighted by Crippen LogP contribution is 2.24. The van der Waals surface area contributed by atoms with E-state index in [1.54, 1.807) is 0 Å². The van der Waals surface area contributed by atoms with Crippen molar-refractivity contribution in [2.75, 3.05) is 16.4 Å². The number of benzene rings is 3. The molecule has 168 valence electrons. The molecular weight excluding hydrogens is 454 g/mol. The second kappa shape index (κ2) is 10.6. The molecule has 0 spiro atoms. The molecule has 4 rings (SSSR count). The molecule has 0 unspecified atom stereocenters. The van der Waals surface area contributed by atoms with Gasteiger partial charge in [0, 0.05) is 22.1 Å². The van der Waals surface area contributed by atoms with Crippen LogP contribution in [0, 0.1) is 13.8 Å². The Kier molecular flexibility index (Phi) is 7.32. The molecule has 8 heteroatoms. The zero-order valence-electron chi connectivity index (χ0n) is 18.4. The number of aromatic nitrogens is 3. The molecule has 0 aliphatic heterocycles. The Labute approximate surface area is 202 Å². The van der Waals surface area contributed by atoms with Crippen LogP contribution in [0.15, 0.2) is 78.0 Å². The van der Waals surface area contributed by atoms with E-state index in [0.29, 0.717) is 16.7 Å². The summed E-state index contributed by atoms with van der Waals surface area (Å²) in [6, 6.07) is 23.4. The van der Waals surface area contributed by atoms with Gasteiger partial charge in [0.25, 0.3) is 0 Å². The fourth-order valence-corrected chi connectivity index (χ4v) is 4.26. The highest BCUT2D eigenvalue weighted by Gasteiger charge is 2.16. The zero-order valence-corrected chi connectivity index (χ0v) is 20.0. The number of halogens is 1. The molecule has 1 heterocycles. The smallest absolute Gasteiger partial charge is 0.234 e. The van der Waals surface area contributed by atoms with E-state index in [4.69, 9.17) is 11.6 Å². The molecule has 0 bridgehead atoms. The number of para-hydroxylation sites is 1. The Hall–Kier alpha value is -3.29. The molecule has 4 aromatic rings. The Morgan fingerprint density at radius 3 is 2.48 bits per heavy atom. The van der Waals surface area contributed by atoms with Crippen LogP contribution >= 0.6 is 23.4 Å². The van der Waals surface area contributed by atoms with Gasteiger partial charge >= 0.3 is 0 Å². The summed E-state index contributed by atoms with van der Waals surface area (Å²) in [5.41, 5.74) is 4.90. The van der Waals surface area contributed by atoms with E-state index in [0.717, 1.165) is 34.0 Å². The first-order valence-corrected chi connectivity index (χ1v) is 11.8. The topological polar surface area (TPSA) is 71.8 Å². The SMILES string of the molecule is Cc1ccc(NC(=O)CSc2nnc(CNc3ccc(Cl)cc3)n2-c2ccccc2)c(C)c1. The number of carbonyl (C=O) groups is 1. The van der Waals surface area contributed by atoms with Crippen LogP contribution in [0.2, 0.25) is 5.02 Å². The molecule has 2 N–H and O–H groups in total. The lowest BCUT2D eigenvalue weighted by molar-refractivity contribution is -0.113. The second-order valence-corrected chi connectivity index (χ2v) is 8.96. The first kappa shape index (κ1) is 22.9. The van der Waals surface area contributed by atoms with Gasteiger partial charge in [-0.1, -0.05) is 59.3 Å². The maximum absolute atomic E-state index is 12.6. The molecule has 1 aromatic heterocycles. The molecule has 3 aromatic carbocycles. The Balaban J connectivity index is 1.49. The minimum Gasteiger partial charge on any atom is -0.378 e. The molecular formula is C25H24ClN5OS. The fourth-order valence-electron chi connectivity index (χ4n) is 3.36. The molecule has 0 aliphatic rings. The van der Waals surface area contributed by atoms with Crippen LogP contribution in [0.5, 0.6) is 0 Å². The van der Waals surface area contributed by atoms with E-state index in [2.05, 4.69) is 26.9 Å². The number of hydrogen-bond acceptors (Lipinski definition) is 5. The maximum Gasteiger partial charge on any atom is 0.234 e. The maximum atomic E-state index is 12.6. The number of hydrogen-bond donors (Lipinski definition) is 2. The quantitative estimate of drug-likeness (QED) is 0.310. The number of nitrogens with zero attached hydrogens (tertiary/aromatic N) is 3. The third-order valence-corrected chi connectivity index (χ3v) is 6.18. The van der Waals surface area contributed by atoms with Gasteiger partial charge in [-0.2, -0.15) is 0 Å². The minimum absolute atomic E-state index is 0.0876. The number of thioether (sulfide) groups is 1. The van der Waals surface area contributed by atoms with Crippen LogP contribution in [0.25, 0.3) is 5.69 Å². The van der Waals surface area contributed by atoms with Crippen molar-refractivity contribution >= 4 is 40.6 Å². The third kappa shape index (κ3) is 5.94. The zero-order chi connectivity index (χ0) is 23.2. The second-order valence-electron chi connectivity index (χ2n) is 7.59. The van der Waals surface area contributed by atoms with E-state index < -0.39 is 0 Å². The van der Waals surface area contributed by atoms with Crippen molar-refractivity contribution in [3.63, 3.8) is 0 Å². The summed E-state index contributed by atoms with van der Waals surface area (Å²) in [5.74, 6) is 0.881. The summed E-state index contributed by atoms with van der Waals surface area (Å²) in [7, 11) is 0. The van der Waals surface area contributed by atoms with Crippen LogP contribution in [-0.2, 0) is 11.3 Å². The Bertz CT molecular complexity index is 1240. The van der Waals surface area contributed by atoms with Crippen LogP contribution < -0.4 is 10.6 Å². The summed E-state index contributed by atoms with van der Waals surface area (Å²) in [6.07, 6.45) is 0. The first-order chi connectivity index (χ1) is 16.0. The summed E-state index contributed by atoms with van der Waals surface area (Å²) in [6.45, 7) is 4.49. The summed E-state index contributed by atoms with van der Waals surface area (Å²) >= 11 is 7.33. The van der Waals surface area contributed by atoms with Crippen molar-refractivity contribution in [1.29, 1.82) is 0 Å². The van der Waals surface area contributed by atoms with Crippen molar-refractivity contribution in [3.8, 4) is 5.69 Å². The van der Waals surface area contributed by atoms with E-state index in [1.807, 2.05) is 85.1 Å². The molecule has 0 saturated heterocycles. The molecule has 0 fully saturated rings. The number of amides is 1. The average Bonchev–Trinajstić information content (AvgIpc) is 3.22. The lowest BCUT2D eigenvalue weighted by Crippen LogP contribution is -2.15. The molecule has 0 atom stereocenters. The Morgan fingerprint density at radius 2 is 1.76 bits per heavy atom. The van der Waals surface area contributed by atoms with Gasteiger partial charge in [-0.3, -0.25) is 9.36 Å². The third-order valence-electron chi connectivity index (χ3n) is 5.00. The van der Waals surface area contributed by atoms with Gasteiger partial charge in [-0.05, 0) is 61.9 Å². The highest BCUT2D eigenvalue weighted by molar-refractivity contribution is 7.99. The molecule has 1 amide bonds. The normalized spacial score (nSPS) is 10.8. The lowest BCUT2D eigenvalue weighted by Gasteiger charge is -2.12. The molecule has 0 radical (unpaired) electrons. The lowest BCUT2D eigenvalue weighted by atomic mass is 10.1. The van der Waals surface area contributed by atoms with Crippen molar-refractivity contribution < 1.29 is 4.79 Å². The van der Waals surface area contributed by atoms with Crippen molar-refractivity contribution in [3.05, 3.63) is 94.8 Å². The molecule has 33 heavy (non-hydrogen) atoms. The number of carbonyl (C=O) groups excluding carboxylic acids is 1. The van der Waals surface area contributed by atoms with Gasteiger partial charge < -0.3 is 10.6 Å². The van der Waals surface area contributed by atoms with Gasteiger partial charge in [0.1, 0.15) is 0 Å². The molecule has 0 aliphatic carbocycles. The van der Waals surface area contributed by atoms with E-state index in [1.165, 1.54) is 11.8 Å². The van der Waals surface area contributed by atoms with Crippen LogP contribution in [-0.4, -0.2) is 26.4 Å². The van der Waals surface area contributed by atoms with Crippen LogP contribution in [0.4, 0.5) is 11.4 Å². The molecule has 6 nitrogen and oxygen atoms in total. The van der Waals surface area contributed by atoms with Gasteiger partial charge in [-0.15, -0.1) is 10.2 Å². The van der Waals surface area contributed by atoms with Crippen LogP contribution in [0.1, 0.15) is 17.0 Å². The fraction of sp³-hybridized carbons (Fsp3) is 0.160. The Morgan fingerprint density at radius 1 is 1.00 bits per heavy atom. The van der Waals surface area contributed by atoms with Crippen molar-refractivity contribution in [2.45, 2.75) is 25.5 Å². The first-order valence-electron chi connectivity index (χ1n) is 10.5. The van der Waals surface area contributed by atoms with Gasteiger partial charge in [0.05, 0.1) is 12.3 Å². The van der Waals surface area contributed by atoms with Gasteiger partial charge in [0.2, 0.25) is 5.91 Å². The van der Waals surface area contributed by atoms with Gasteiger partial charge in [0.15, 0.2) is 11.0 Å². The minimum atomic E-state index is -0.0876. The van der Waals surface area contributed by atoms with Crippen LogP contribution in [0.3, 0.4) is 0 Å². The number of aryl methyl sites for hydroxylation is 2. The van der Waals surface area contributed by atoms with E-state index >= 15 is 0 Å². The number of nitrogens with one attached hydrogen (secondary N) is 2. The highest BCUT2D eigenvalue weighted by atomic mass is 35.5. The van der Waals surface area contributed by atoms with Crippen molar-refractivity contribution in [1.82, 2.24) is 14.8 Å². The van der Waals surface area contributed by atoms with Gasteiger partial charge in [-0.25, -0.2) is 0 Å². The summed E-state index contributed by atoms with van der Waals surface area (Å²) in [4.78, 5) is 12.6. The summed E-state index contributed by atoms with van der Waals surface area (Å²) < 4.78 is 1.97. The average molecular weight is 478 g/mol. The van der Waals surface area contributed by atoms with E-state index in [9.17, 15) is 4.79 Å². The van der Waals surface area contributed by atoms with Crippen molar-refractivity contribution in [2.24, 2.45) is 0 Å². The largest absolute Gasteiger partial charge is 0.378 e. The number of rotatable bonds is 8. The number of anilines is 2. The predicted molar refractivity (Wildman–Crippen MR) is 135 cm³/mol. The standard InChI is InChI=1S/C25H24ClN5OS/c1-17-8-13-22(18(2)14-17)28-24(32)16-33-25-30-29-23(31(25)21-6-4-3-5-7-21)15-27-20-11-9-19(26)10-12-20/h3-14,27H,15-16H2,1-2H3,(H,28,32). The predicted octanol–water partition coefficient (Wildman–Crippen LogP) is 5.88. The summed E-state index contributed by atoms with van der Waals surface area (Å²) in [5, 5.41) is 16.4. The molecule has 0 saturated carbocycles.